The second kappa shape index (κ2) is 5.31. The number of benzene rings is 2. The molecule has 2 aromatic carbocycles. The van der Waals surface area contributed by atoms with Gasteiger partial charge >= 0.3 is 0 Å². The van der Waals surface area contributed by atoms with Gasteiger partial charge in [0.25, 0.3) is 10.0 Å². The number of hydrogen-bond donors (Lipinski definition) is 2. The molecule has 21 heavy (non-hydrogen) atoms. The van der Waals surface area contributed by atoms with Crippen molar-refractivity contribution in [3.8, 4) is 0 Å². The molecule has 110 valence electrons. The zero-order valence-electron chi connectivity index (χ0n) is 10.9. The summed E-state index contributed by atoms with van der Waals surface area (Å²) in [6.07, 6.45) is 0.797. The van der Waals surface area contributed by atoms with Gasteiger partial charge in [-0.15, -0.1) is 0 Å². The fourth-order valence-electron chi connectivity index (χ4n) is 2.22. The molecule has 1 heterocycles. The maximum absolute atomic E-state index is 13.4. The van der Waals surface area contributed by atoms with Crippen molar-refractivity contribution >= 4 is 37.3 Å². The predicted octanol–water partition coefficient (Wildman–Crippen LogP) is 3.36. The standard InChI is InChI=1S/C14H12BrFN2O2S/c15-12-3-1-10(8-13(12)16)18-21(19,20)11-2-4-14-9(7-11)5-6-17-14/h1-4,7-8,17-18H,5-6H2. The molecule has 1 aliphatic heterocycles. The Hall–Kier alpha value is -1.60. The lowest BCUT2D eigenvalue weighted by Crippen LogP contribution is -2.13. The third kappa shape index (κ3) is 2.89. The van der Waals surface area contributed by atoms with Crippen LogP contribution < -0.4 is 10.0 Å². The SMILES string of the molecule is O=S(=O)(Nc1ccc(Br)c(F)c1)c1ccc2c(c1)CCN2. The highest BCUT2D eigenvalue weighted by Crippen LogP contribution is 2.27. The van der Waals surface area contributed by atoms with E-state index in [2.05, 4.69) is 26.0 Å². The monoisotopic (exact) mass is 370 g/mol. The molecule has 0 unspecified atom stereocenters. The number of halogens is 2. The van der Waals surface area contributed by atoms with E-state index in [0.29, 0.717) is 0 Å². The highest BCUT2D eigenvalue weighted by atomic mass is 79.9. The number of fused-ring (bicyclic) bond motifs is 1. The average molecular weight is 371 g/mol. The van der Waals surface area contributed by atoms with Gasteiger partial charge in [-0.25, -0.2) is 12.8 Å². The van der Waals surface area contributed by atoms with E-state index >= 15 is 0 Å². The summed E-state index contributed by atoms with van der Waals surface area (Å²) in [4.78, 5) is 0.174. The van der Waals surface area contributed by atoms with Crippen molar-refractivity contribution in [2.45, 2.75) is 11.3 Å². The molecule has 0 saturated carbocycles. The van der Waals surface area contributed by atoms with Gasteiger partial charge in [0, 0.05) is 12.2 Å². The van der Waals surface area contributed by atoms with Crippen LogP contribution in [0.5, 0.6) is 0 Å². The van der Waals surface area contributed by atoms with Crippen LogP contribution in [-0.4, -0.2) is 15.0 Å². The minimum Gasteiger partial charge on any atom is -0.384 e. The van der Waals surface area contributed by atoms with E-state index in [1.165, 1.54) is 18.2 Å². The largest absolute Gasteiger partial charge is 0.384 e. The van der Waals surface area contributed by atoms with Crippen LogP contribution in [-0.2, 0) is 16.4 Å². The van der Waals surface area contributed by atoms with Crippen molar-refractivity contribution in [3.63, 3.8) is 0 Å². The summed E-state index contributed by atoms with van der Waals surface area (Å²) >= 11 is 3.03. The summed E-state index contributed by atoms with van der Waals surface area (Å²) < 4.78 is 40.8. The molecule has 2 aromatic rings. The quantitative estimate of drug-likeness (QED) is 0.870. The van der Waals surface area contributed by atoms with Crippen molar-refractivity contribution in [1.82, 2.24) is 0 Å². The first kappa shape index (κ1) is 14.3. The molecular weight excluding hydrogens is 359 g/mol. The topological polar surface area (TPSA) is 58.2 Å². The highest BCUT2D eigenvalue weighted by Gasteiger charge is 2.18. The fraction of sp³-hybridized carbons (Fsp3) is 0.143. The number of hydrogen-bond acceptors (Lipinski definition) is 3. The molecule has 0 amide bonds. The van der Waals surface area contributed by atoms with Crippen LogP contribution >= 0.6 is 15.9 Å². The van der Waals surface area contributed by atoms with Crippen LogP contribution in [0.15, 0.2) is 45.8 Å². The number of sulfonamides is 1. The molecule has 7 heteroatoms. The van der Waals surface area contributed by atoms with Crippen LogP contribution in [0.2, 0.25) is 0 Å². The molecule has 0 atom stereocenters. The molecule has 0 aliphatic carbocycles. The number of nitrogens with one attached hydrogen (secondary N) is 2. The Bertz CT molecular complexity index is 809. The Morgan fingerprint density at radius 2 is 2.00 bits per heavy atom. The van der Waals surface area contributed by atoms with Gasteiger partial charge in [0.1, 0.15) is 5.82 Å². The van der Waals surface area contributed by atoms with E-state index in [1.54, 1.807) is 12.1 Å². The molecule has 0 aromatic heterocycles. The second-order valence-electron chi connectivity index (χ2n) is 4.73. The smallest absolute Gasteiger partial charge is 0.261 e. The molecular formula is C14H12BrFN2O2S. The first-order valence-corrected chi connectivity index (χ1v) is 8.58. The lowest BCUT2D eigenvalue weighted by atomic mass is 10.2. The average Bonchev–Trinajstić information content (AvgIpc) is 2.90. The van der Waals surface area contributed by atoms with Crippen molar-refractivity contribution in [3.05, 3.63) is 52.3 Å². The third-order valence-corrected chi connectivity index (χ3v) is 5.29. The maximum Gasteiger partial charge on any atom is 0.261 e. The first-order chi connectivity index (χ1) is 9.95. The zero-order valence-corrected chi connectivity index (χ0v) is 13.3. The van der Waals surface area contributed by atoms with Crippen LogP contribution in [0.25, 0.3) is 0 Å². The highest BCUT2D eigenvalue weighted by molar-refractivity contribution is 9.10. The summed E-state index contributed by atoms with van der Waals surface area (Å²) in [5, 5.41) is 3.17. The van der Waals surface area contributed by atoms with E-state index in [9.17, 15) is 12.8 Å². The second-order valence-corrected chi connectivity index (χ2v) is 7.27. The molecule has 0 fully saturated rings. The van der Waals surface area contributed by atoms with Gasteiger partial charge in [-0.2, -0.15) is 0 Å². The third-order valence-electron chi connectivity index (χ3n) is 3.27. The Morgan fingerprint density at radius 3 is 2.76 bits per heavy atom. The fourth-order valence-corrected chi connectivity index (χ4v) is 3.57. The Balaban J connectivity index is 1.91. The molecule has 4 nitrogen and oxygen atoms in total. The summed E-state index contributed by atoms with van der Waals surface area (Å²) in [6.45, 7) is 0.810. The van der Waals surface area contributed by atoms with E-state index in [-0.39, 0.29) is 15.1 Å². The molecule has 3 rings (SSSR count). The van der Waals surface area contributed by atoms with Crippen molar-refractivity contribution < 1.29 is 12.8 Å². The van der Waals surface area contributed by atoms with Crippen molar-refractivity contribution in [1.29, 1.82) is 0 Å². The van der Waals surface area contributed by atoms with Gasteiger partial charge < -0.3 is 5.32 Å². The van der Waals surface area contributed by atoms with E-state index < -0.39 is 15.8 Å². The van der Waals surface area contributed by atoms with Gasteiger partial charge in [0.2, 0.25) is 0 Å². The van der Waals surface area contributed by atoms with Gasteiger partial charge in [-0.05, 0) is 64.3 Å². The molecule has 1 aliphatic rings. The summed E-state index contributed by atoms with van der Waals surface area (Å²) in [5.74, 6) is -0.520. The van der Waals surface area contributed by atoms with Crippen LogP contribution in [0.3, 0.4) is 0 Å². The van der Waals surface area contributed by atoms with E-state index in [4.69, 9.17) is 0 Å². The Labute approximate surface area is 130 Å². The zero-order chi connectivity index (χ0) is 15.0. The van der Waals surface area contributed by atoms with Gasteiger partial charge in [-0.3, -0.25) is 4.72 Å². The molecule has 0 bridgehead atoms. The first-order valence-electron chi connectivity index (χ1n) is 6.30. The number of rotatable bonds is 3. The summed E-state index contributed by atoms with van der Waals surface area (Å²) in [7, 11) is -3.72. The maximum atomic E-state index is 13.4. The molecule has 0 saturated heterocycles. The lowest BCUT2D eigenvalue weighted by molar-refractivity contribution is 0.601. The predicted molar refractivity (Wildman–Crippen MR) is 83.5 cm³/mol. The van der Waals surface area contributed by atoms with Gasteiger partial charge in [0.05, 0.1) is 15.1 Å². The van der Waals surface area contributed by atoms with Gasteiger partial charge in [-0.1, -0.05) is 0 Å². The number of anilines is 2. The molecule has 0 spiro atoms. The van der Waals surface area contributed by atoms with Crippen molar-refractivity contribution in [2.24, 2.45) is 0 Å². The Kier molecular flexibility index (Phi) is 3.62. The molecule has 2 N–H and O–H groups in total. The molecule has 0 radical (unpaired) electrons. The minimum absolute atomic E-state index is 0.174. The lowest BCUT2D eigenvalue weighted by Gasteiger charge is -2.10. The summed E-state index contributed by atoms with van der Waals surface area (Å²) in [5.41, 5.74) is 2.12. The minimum atomic E-state index is -3.72. The van der Waals surface area contributed by atoms with Crippen LogP contribution in [0.1, 0.15) is 5.56 Å². The van der Waals surface area contributed by atoms with E-state index in [0.717, 1.165) is 30.3 Å². The van der Waals surface area contributed by atoms with Crippen LogP contribution in [0, 0.1) is 5.82 Å². The Morgan fingerprint density at radius 1 is 1.19 bits per heavy atom. The van der Waals surface area contributed by atoms with Crippen molar-refractivity contribution in [2.75, 3.05) is 16.6 Å². The van der Waals surface area contributed by atoms with E-state index in [1.807, 2.05) is 0 Å². The normalized spacial score (nSPS) is 13.6. The van der Waals surface area contributed by atoms with Crippen LogP contribution in [0.4, 0.5) is 15.8 Å². The summed E-state index contributed by atoms with van der Waals surface area (Å²) in [6, 6.07) is 9.02. The van der Waals surface area contributed by atoms with Gasteiger partial charge in [0.15, 0.2) is 0 Å².